The molecule has 0 radical (unpaired) electrons. The fourth-order valence-corrected chi connectivity index (χ4v) is 5.82. The molecule has 0 aromatic heterocycles. The number of fused-ring (bicyclic) bond motifs is 2. The van der Waals surface area contributed by atoms with Crippen LogP contribution in [0.4, 0.5) is 5.69 Å². The fourth-order valence-electron chi connectivity index (χ4n) is 5.82. The van der Waals surface area contributed by atoms with Crippen LogP contribution in [0.15, 0.2) is 97.1 Å². The van der Waals surface area contributed by atoms with Crippen LogP contribution in [-0.4, -0.2) is 31.4 Å². The third kappa shape index (κ3) is 3.68. The summed E-state index contributed by atoms with van der Waals surface area (Å²) in [6.07, 6.45) is 4.05. The number of benzene rings is 4. The Balaban J connectivity index is 1.40. The number of nitrogens with zero attached hydrogens (tertiary/aromatic N) is 1. The number of hydrogen-bond donors (Lipinski definition) is 0. The van der Waals surface area contributed by atoms with Crippen molar-refractivity contribution in [2.24, 2.45) is 0 Å². The van der Waals surface area contributed by atoms with Gasteiger partial charge < -0.3 is 14.4 Å². The highest BCUT2D eigenvalue weighted by Gasteiger charge is 2.58. The van der Waals surface area contributed by atoms with Gasteiger partial charge in [-0.05, 0) is 61.9 Å². The monoisotopic (exact) mass is 515 g/mol. The van der Waals surface area contributed by atoms with Gasteiger partial charge in [0.15, 0.2) is 23.1 Å². The van der Waals surface area contributed by atoms with Gasteiger partial charge in [-0.3, -0.25) is 9.59 Å². The molecule has 6 rings (SSSR count). The summed E-state index contributed by atoms with van der Waals surface area (Å²) >= 11 is 0. The van der Waals surface area contributed by atoms with Gasteiger partial charge in [-0.15, -0.1) is 0 Å². The molecule has 2 aliphatic heterocycles. The van der Waals surface area contributed by atoms with Crippen LogP contribution in [0.3, 0.4) is 0 Å². The standard InChI is InChI=1S/C34H29NO4/c1-33(2)27-20-24(30(36)22-11-7-5-8-12-22)15-16-28(27)35(3)34(33)18-17-25-19-26(21-29(38-4)32(25)39-34)31(37)23-13-9-6-10-14-23/h5-21H,1-4H3/t34-/m0/s1. The number of rotatable bonds is 5. The predicted molar refractivity (Wildman–Crippen MR) is 153 cm³/mol. The van der Waals surface area contributed by atoms with E-state index >= 15 is 0 Å². The maximum Gasteiger partial charge on any atom is 0.212 e. The zero-order valence-electron chi connectivity index (χ0n) is 22.4. The van der Waals surface area contributed by atoms with E-state index in [1.807, 2.05) is 92.0 Å². The van der Waals surface area contributed by atoms with E-state index in [1.54, 1.807) is 25.3 Å². The average Bonchev–Trinajstić information content (AvgIpc) is 3.14. The van der Waals surface area contributed by atoms with E-state index in [0.29, 0.717) is 33.8 Å². The molecule has 194 valence electrons. The van der Waals surface area contributed by atoms with Crippen LogP contribution in [0, 0.1) is 0 Å². The van der Waals surface area contributed by atoms with Crippen molar-refractivity contribution in [3.63, 3.8) is 0 Å². The van der Waals surface area contributed by atoms with Gasteiger partial charge in [-0.2, -0.15) is 0 Å². The zero-order chi connectivity index (χ0) is 27.4. The van der Waals surface area contributed by atoms with Gasteiger partial charge >= 0.3 is 0 Å². The lowest BCUT2D eigenvalue weighted by molar-refractivity contribution is 0.0551. The van der Waals surface area contributed by atoms with Crippen LogP contribution in [0.1, 0.15) is 56.8 Å². The maximum absolute atomic E-state index is 13.2. The summed E-state index contributed by atoms with van der Waals surface area (Å²) in [6, 6.07) is 28.0. The Kier molecular flexibility index (Phi) is 5.69. The maximum atomic E-state index is 13.2. The molecule has 0 aliphatic carbocycles. The second-order valence-electron chi connectivity index (χ2n) is 10.5. The van der Waals surface area contributed by atoms with Gasteiger partial charge in [0.25, 0.3) is 0 Å². The first kappa shape index (κ1) is 24.7. The first-order valence-electron chi connectivity index (χ1n) is 12.9. The summed E-state index contributed by atoms with van der Waals surface area (Å²) in [4.78, 5) is 28.5. The molecule has 0 bridgehead atoms. The number of ether oxygens (including phenoxy) is 2. The topological polar surface area (TPSA) is 55.8 Å². The van der Waals surface area contributed by atoms with Gasteiger partial charge in [0.05, 0.1) is 12.5 Å². The quantitative estimate of drug-likeness (QED) is 0.277. The molecule has 39 heavy (non-hydrogen) atoms. The molecule has 0 amide bonds. The largest absolute Gasteiger partial charge is 0.493 e. The summed E-state index contributed by atoms with van der Waals surface area (Å²) in [5.74, 6) is 0.987. The lowest BCUT2D eigenvalue weighted by atomic mass is 9.75. The number of methoxy groups -OCH3 is 1. The van der Waals surface area contributed by atoms with E-state index < -0.39 is 11.1 Å². The SMILES string of the molecule is COc1cc(C(=O)c2ccccc2)cc2c1O[C@]1(C=C2)N(C)c2ccc(C(=O)c3ccccc3)cc2C1(C)C. The van der Waals surface area contributed by atoms with E-state index in [2.05, 4.69) is 18.7 Å². The van der Waals surface area contributed by atoms with Crippen LogP contribution < -0.4 is 14.4 Å². The average molecular weight is 516 g/mol. The second-order valence-corrected chi connectivity index (χ2v) is 10.5. The molecule has 5 heteroatoms. The number of carbonyl (C=O) groups excluding carboxylic acids is 2. The van der Waals surface area contributed by atoms with Gasteiger partial charge in [-0.25, -0.2) is 0 Å². The molecule has 1 spiro atoms. The number of ketones is 2. The molecule has 4 aromatic rings. The molecule has 1 atom stereocenters. The normalized spacial score (nSPS) is 18.3. The van der Waals surface area contributed by atoms with Gasteiger partial charge in [0, 0.05) is 40.6 Å². The lowest BCUT2D eigenvalue weighted by Gasteiger charge is -2.46. The third-order valence-electron chi connectivity index (χ3n) is 8.07. The molecule has 5 nitrogen and oxygen atoms in total. The van der Waals surface area contributed by atoms with Crippen molar-refractivity contribution in [2.75, 3.05) is 19.1 Å². The minimum absolute atomic E-state index is 0.0134. The van der Waals surface area contributed by atoms with Crippen molar-refractivity contribution < 1.29 is 19.1 Å². The Hall–Kier alpha value is -4.64. The summed E-state index contributed by atoms with van der Waals surface area (Å²) in [7, 11) is 3.59. The molecule has 0 N–H and O–H groups in total. The highest BCUT2D eigenvalue weighted by atomic mass is 16.5. The summed E-state index contributed by atoms with van der Waals surface area (Å²) in [5, 5.41) is 0. The summed E-state index contributed by atoms with van der Waals surface area (Å²) < 4.78 is 12.6. The van der Waals surface area contributed by atoms with E-state index in [0.717, 1.165) is 16.8 Å². The molecule has 2 aliphatic rings. The van der Waals surface area contributed by atoms with Gasteiger partial charge in [-0.1, -0.05) is 60.7 Å². The van der Waals surface area contributed by atoms with Crippen LogP contribution in [0.2, 0.25) is 0 Å². The number of anilines is 1. The first-order valence-corrected chi connectivity index (χ1v) is 12.9. The highest BCUT2D eigenvalue weighted by molar-refractivity contribution is 6.10. The zero-order valence-corrected chi connectivity index (χ0v) is 22.4. The smallest absolute Gasteiger partial charge is 0.212 e. The van der Waals surface area contributed by atoms with Crippen LogP contribution >= 0.6 is 0 Å². The molecule has 0 unspecified atom stereocenters. The minimum atomic E-state index is -0.866. The van der Waals surface area contributed by atoms with Crippen molar-refractivity contribution in [3.05, 3.63) is 130 Å². The Morgan fingerprint density at radius 1 is 0.769 bits per heavy atom. The summed E-state index contributed by atoms with van der Waals surface area (Å²) in [6.45, 7) is 4.25. The molecular formula is C34H29NO4. The minimum Gasteiger partial charge on any atom is -0.493 e. The van der Waals surface area contributed by atoms with Crippen LogP contribution in [0.25, 0.3) is 6.08 Å². The lowest BCUT2D eigenvalue weighted by Crippen LogP contribution is -2.58. The predicted octanol–water partition coefficient (Wildman–Crippen LogP) is 6.69. The van der Waals surface area contributed by atoms with E-state index in [-0.39, 0.29) is 11.6 Å². The molecule has 4 aromatic carbocycles. The summed E-state index contributed by atoms with van der Waals surface area (Å²) in [5.41, 5.74) is 3.85. The second kappa shape index (κ2) is 8.98. The first-order chi connectivity index (χ1) is 18.8. The fraction of sp³-hybridized carbons (Fsp3) is 0.176. The molecule has 0 fully saturated rings. The van der Waals surface area contributed by atoms with E-state index in [4.69, 9.17) is 9.47 Å². The number of likely N-dealkylation sites (N-methyl/N-ethyl adjacent to an activating group) is 1. The van der Waals surface area contributed by atoms with Crippen molar-refractivity contribution in [2.45, 2.75) is 25.0 Å². The van der Waals surface area contributed by atoms with Crippen molar-refractivity contribution >= 4 is 23.3 Å². The Morgan fingerprint density at radius 2 is 1.38 bits per heavy atom. The number of hydrogen-bond acceptors (Lipinski definition) is 5. The van der Waals surface area contributed by atoms with Crippen LogP contribution in [0.5, 0.6) is 11.5 Å². The Morgan fingerprint density at radius 3 is 2.00 bits per heavy atom. The van der Waals surface area contributed by atoms with Crippen molar-refractivity contribution in [1.29, 1.82) is 0 Å². The highest BCUT2D eigenvalue weighted by Crippen LogP contribution is 2.55. The molecule has 0 saturated heterocycles. The van der Waals surface area contributed by atoms with Gasteiger partial charge in [0.1, 0.15) is 0 Å². The van der Waals surface area contributed by atoms with Crippen LogP contribution in [-0.2, 0) is 5.41 Å². The van der Waals surface area contributed by atoms with Crippen molar-refractivity contribution in [3.8, 4) is 11.5 Å². The van der Waals surface area contributed by atoms with Gasteiger partial charge in [0.2, 0.25) is 5.72 Å². The molecular weight excluding hydrogens is 486 g/mol. The van der Waals surface area contributed by atoms with E-state index in [1.165, 1.54) is 0 Å². The molecule has 0 saturated carbocycles. The Labute approximate surface area is 228 Å². The Bertz CT molecular complexity index is 1640. The number of carbonyl (C=O) groups is 2. The van der Waals surface area contributed by atoms with E-state index in [9.17, 15) is 9.59 Å². The van der Waals surface area contributed by atoms with Crippen molar-refractivity contribution in [1.82, 2.24) is 0 Å². The molecule has 2 heterocycles. The third-order valence-corrected chi connectivity index (χ3v) is 8.07.